The number of benzene rings is 7. The van der Waals surface area contributed by atoms with Crippen molar-refractivity contribution in [3.63, 3.8) is 0 Å². The molecule has 2 saturated heterocycles. The van der Waals surface area contributed by atoms with E-state index in [1.807, 2.05) is 196 Å². The van der Waals surface area contributed by atoms with Crippen LogP contribution in [0.5, 0.6) is 0 Å². The van der Waals surface area contributed by atoms with Crippen LogP contribution in [0, 0.1) is 0 Å². The van der Waals surface area contributed by atoms with E-state index in [1.165, 1.54) is 0 Å². The minimum Gasteiger partial charge on any atom is -0.368 e. The average Bonchev–Trinajstić information content (AvgIpc) is 2.92. The van der Waals surface area contributed by atoms with E-state index in [4.69, 9.17) is 28.4 Å². The number of nitrogens with one attached hydrogen (secondary N) is 4. The first kappa shape index (κ1) is 60.4. The molecular formula is C68H76N6O10. The van der Waals surface area contributed by atoms with Crippen LogP contribution in [0.1, 0.15) is 60.1 Å². The molecule has 2 fully saturated rings. The molecule has 16 nitrogen and oxygen atoms in total. The van der Waals surface area contributed by atoms with E-state index < -0.39 is 60.8 Å². The molecular weight excluding hydrogens is 1060 g/mol. The number of nitrogens with zero attached hydrogens (tertiary/aromatic N) is 2. The number of hydrogen-bond donors (Lipinski definition) is 4. The molecule has 0 aromatic heterocycles. The highest BCUT2D eigenvalue weighted by Gasteiger charge is 2.52. The molecule has 6 amide bonds. The van der Waals surface area contributed by atoms with Crippen LogP contribution in [0.15, 0.2) is 206 Å². The molecule has 2 aliphatic heterocycles. The lowest BCUT2D eigenvalue weighted by atomic mass is 9.91. The molecule has 0 spiro atoms. The average molecular weight is 1140 g/mol. The molecule has 0 saturated carbocycles. The van der Waals surface area contributed by atoms with E-state index in [-0.39, 0.29) is 64.5 Å². The third kappa shape index (κ3) is 17.0. The third-order valence-corrected chi connectivity index (χ3v) is 14.8. The molecule has 4 N–H and O–H groups in total. The van der Waals surface area contributed by atoms with Crippen molar-refractivity contribution in [1.82, 2.24) is 20.4 Å². The Morgan fingerprint density at radius 2 is 0.643 bits per heavy atom. The van der Waals surface area contributed by atoms with Gasteiger partial charge in [0.25, 0.3) is 11.8 Å². The maximum atomic E-state index is 14.8. The summed E-state index contributed by atoms with van der Waals surface area (Å²) in [6.07, 6.45) is -3.93. The van der Waals surface area contributed by atoms with Crippen molar-refractivity contribution in [3.05, 3.63) is 240 Å². The van der Waals surface area contributed by atoms with Gasteiger partial charge >= 0.3 is 12.1 Å². The SMILES string of the molecule is CCCN1C(=O)[C@H](OCc2ccccc2)[C@@H](OCc2ccccc2)[C@H](OCc2ccccc2)[C@H]1CNC(=O)Nc1cccc(NC(=O)NC[C@@H]2[C@@H](OCc3ccccc3)[C@H](OCc3ccccc3)[C@@H](OCc3ccccc3)C(=O)N2CCC)c1. The van der Waals surface area contributed by atoms with Gasteiger partial charge in [-0.2, -0.15) is 0 Å². The summed E-state index contributed by atoms with van der Waals surface area (Å²) in [5.41, 5.74) is 6.31. The Kier molecular flexibility index (Phi) is 22.6. The van der Waals surface area contributed by atoms with Crippen molar-refractivity contribution < 1.29 is 47.6 Å². The van der Waals surface area contributed by atoms with E-state index in [0.717, 1.165) is 33.4 Å². The number of carbonyl (C=O) groups is 4. The molecule has 0 radical (unpaired) electrons. The van der Waals surface area contributed by atoms with Crippen LogP contribution in [0.4, 0.5) is 21.0 Å². The maximum absolute atomic E-state index is 14.8. The topological polar surface area (TPSA) is 178 Å². The highest BCUT2D eigenvalue weighted by molar-refractivity contribution is 5.93. The number of amides is 6. The molecule has 438 valence electrons. The number of hydrogen-bond acceptors (Lipinski definition) is 10. The van der Waals surface area contributed by atoms with Gasteiger partial charge in [0.1, 0.15) is 24.4 Å². The van der Waals surface area contributed by atoms with Crippen molar-refractivity contribution in [1.29, 1.82) is 0 Å². The molecule has 7 aromatic carbocycles. The summed E-state index contributed by atoms with van der Waals surface area (Å²) in [6.45, 7) is 5.98. The van der Waals surface area contributed by atoms with Crippen molar-refractivity contribution in [2.75, 3.05) is 36.8 Å². The van der Waals surface area contributed by atoms with Gasteiger partial charge in [-0.1, -0.05) is 202 Å². The van der Waals surface area contributed by atoms with E-state index in [2.05, 4.69) is 21.3 Å². The van der Waals surface area contributed by atoms with E-state index in [1.54, 1.807) is 34.1 Å². The second-order valence-corrected chi connectivity index (χ2v) is 20.9. The summed E-state index contributed by atoms with van der Waals surface area (Å²) in [4.78, 5) is 61.1. The summed E-state index contributed by atoms with van der Waals surface area (Å²) in [7, 11) is 0. The fourth-order valence-corrected chi connectivity index (χ4v) is 10.7. The zero-order valence-corrected chi connectivity index (χ0v) is 47.7. The third-order valence-electron chi connectivity index (χ3n) is 14.8. The van der Waals surface area contributed by atoms with Gasteiger partial charge in [0.15, 0.2) is 12.2 Å². The molecule has 7 aromatic rings. The lowest BCUT2D eigenvalue weighted by molar-refractivity contribution is -0.208. The Bertz CT molecular complexity index is 2910. The second-order valence-electron chi connectivity index (χ2n) is 20.9. The minimum atomic E-state index is -1.01. The summed E-state index contributed by atoms with van der Waals surface area (Å²) >= 11 is 0. The number of carbonyl (C=O) groups excluding carboxylic acids is 4. The summed E-state index contributed by atoms with van der Waals surface area (Å²) in [6, 6.07) is 62.8. The lowest BCUT2D eigenvalue weighted by Gasteiger charge is -2.48. The number of ether oxygens (including phenoxy) is 6. The Hall–Kier alpha value is -8.22. The van der Waals surface area contributed by atoms with Crippen molar-refractivity contribution in [2.45, 2.75) is 115 Å². The van der Waals surface area contributed by atoms with E-state index >= 15 is 0 Å². The van der Waals surface area contributed by atoms with Gasteiger partial charge in [0.2, 0.25) is 0 Å². The van der Waals surface area contributed by atoms with Crippen LogP contribution >= 0.6 is 0 Å². The first-order valence-electron chi connectivity index (χ1n) is 29.0. The first-order chi connectivity index (χ1) is 41.2. The number of piperidine rings is 2. The maximum Gasteiger partial charge on any atom is 0.319 e. The Morgan fingerprint density at radius 3 is 0.929 bits per heavy atom. The largest absolute Gasteiger partial charge is 0.368 e. The van der Waals surface area contributed by atoms with Gasteiger partial charge < -0.3 is 59.5 Å². The van der Waals surface area contributed by atoms with Gasteiger partial charge in [-0.05, 0) is 64.4 Å². The lowest BCUT2D eigenvalue weighted by Crippen LogP contribution is -2.68. The van der Waals surface area contributed by atoms with E-state index in [9.17, 15) is 19.2 Å². The van der Waals surface area contributed by atoms with Crippen LogP contribution in [-0.4, -0.2) is 109 Å². The standard InChI is InChI=1S/C68H76N6O10/c1-3-38-73-57(59(79-43-49-24-11-5-12-25-49)61(81-45-51-28-15-7-16-29-51)63(65(73)75)83-47-53-32-19-9-20-33-53)41-69-67(77)71-55-36-23-37-56(40-55)72-68(78)70-42-58-60(80-44-50-26-13-6-14-27-50)62(82-46-52-30-17-8-18-31-52)64(66(76)74(58)39-4-2)84-48-54-34-21-10-22-35-54/h5-37,40,57-64H,3-4,38-39,41-48H2,1-2H3,(H2,69,71,77)(H2,70,72,78)/t57-,58-,59-,60-,61+,62+,63-,64-/m1/s1. The summed E-state index contributed by atoms with van der Waals surface area (Å²) < 4.78 is 40.1. The minimum absolute atomic E-state index is 0.0147. The molecule has 2 heterocycles. The normalized spacial score (nSPS) is 20.5. The number of anilines is 2. The highest BCUT2D eigenvalue weighted by atomic mass is 16.6. The quantitative estimate of drug-likeness (QED) is 0.0369. The Labute approximate surface area is 492 Å². The fourth-order valence-electron chi connectivity index (χ4n) is 10.7. The predicted octanol–water partition coefficient (Wildman–Crippen LogP) is 10.7. The summed E-state index contributed by atoms with van der Waals surface area (Å²) in [5, 5.41) is 11.9. The second kappa shape index (κ2) is 31.4. The van der Waals surface area contributed by atoms with Crippen molar-refractivity contribution in [3.8, 4) is 0 Å². The smallest absolute Gasteiger partial charge is 0.319 e. The van der Waals surface area contributed by atoms with E-state index in [0.29, 0.717) is 37.3 Å². The van der Waals surface area contributed by atoms with Crippen LogP contribution in [0.3, 0.4) is 0 Å². The number of urea groups is 2. The van der Waals surface area contributed by atoms with Gasteiger partial charge in [0, 0.05) is 37.6 Å². The monoisotopic (exact) mass is 1140 g/mol. The zero-order chi connectivity index (χ0) is 58.3. The van der Waals surface area contributed by atoms with Crippen LogP contribution < -0.4 is 21.3 Å². The van der Waals surface area contributed by atoms with Gasteiger partial charge in [-0.25, -0.2) is 9.59 Å². The molecule has 2 aliphatic rings. The zero-order valence-electron chi connectivity index (χ0n) is 47.7. The van der Waals surface area contributed by atoms with Crippen LogP contribution in [-0.2, 0) is 77.7 Å². The Balaban J connectivity index is 0.896. The molecule has 0 bridgehead atoms. The molecule has 9 rings (SSSR count). The van der Waals surface area contributed by atoms with Crippen LogP contribution in [0.2, 0.25) is 0 Å². The van der Waals surface area contributed by atoms with Crippen molar-refractivity contribution >= 4 is 35.3 Å². The number of rotatable bonds is 28. The first-order valence-corrected chi connectivity index (χ1v) is 29.0. The predicted molar refractivity (Wildman–Crippen MR) is 322 cm³/mol. The molecule has 8 atom stereocenters. The van der Waals surface area contributed by atoms with Crippen molar-refractivity contribution in [2.24, 2.45) is 0 Å². The molecule has 0 aliphatic carbocycles. The fraction of sp³-hybridized carbons (Fsp3) is 0.324. The molecule has 84 heavy (non-hydrogen) atoms. The van der Waals surface area contributed by atoms with Gasteiger partial charge in [0.05, 0.1) is 51.7 Å². The molecule has 0 unspecified atom stereocenters. The van der Waals surface area contributed by atoms with Crippen LogP contribution in [0.25, 0.3) is 0 Å². The van der Waals surface area contributed by atoms with Gasteiger partial charge in [-0.15, -0.1) is 0 Å². The highest BCUT2D eigenvalue weighted by Crippen LogP contribution is 2.32. The number of likely N-dealkylation sites (tertiary alicyclic amines) is 2. The Morgan fingerprint density at radius 1 is 0.369 bits per heavy atom. The van der Waals surface area contributed by atoms with Gasteiger partial charge in [-0.3, -0.25) is 9.59 Å². The summed E-state index contributed by atoms with van der Waals surface area (Å²) in [5.74, 6) is -0.516. The molecule has 16 heteroatoms.